The quantitative estimate of drug-likeness (QED) is 0.730. The van der Waals surface area contributed by atoms with Crippen molar-refractivity contribution in [1.82, 2.24) is 9.88 Å². The summed E-state index contributed by atoms with van der Waals surface area (Å²) in [5.41, 5.74) is 4.15. The van der Waals surface area contributed by atoms with E-state index < -0.39 is 5.60 Å². The number of nitrogens with one attached hydrogen (secondary N) is 1. The number of aryl methyl sites for hydroxylation is 1. The molecule has 1 aromatic carbocycles. The highest BCUT2D eigenvalue weighted by Crippen LogP contribution is 2.39. The molecular formula is C21H29N3O3. The molecule has 0 amide bonds. The maximum absolute atomic E-state index is 9.79. The number of likely N-dealkylation sites (tertiary alicyclic amines) is 1. The predicted octanol–water partition coefficient (Wildman–Crippen LogP) is 2.61. The van der Waals surface area contributed by atoms with E-state index in [-0.39, 0.29) is 0 Å². The molecule has 146 valence electrons. The second-order valence-electron chi connectivity index (χ2n) is 7.95. The van der Waals surface area contributed by atoms with E-state index in [4.69, 9.17) is 14.5 Å². The molecule has 0 unspecified atom stereocenters. The van der Waals surface area contributed by atoms with Gasteiger partial charge in [0.25, 0.3) is 0 Å². The normalized spacial score (nSPS) is 18.2. The number of methoxy groups -OCH3 is 1. The maximum Gasteiger partial charge on any atom is 0.163 e. The van der Waals surface area contributed by atoms with Gasteiger partial charge in [0.15, 0.2) is 11.5 Å². The molecule has 6 nitrogen and oxygen atoms in total. The number of benzene rings is 1. The molecule has 0 radical (unpaired) electrons. The van der Waals surface area contributed by atoms with Gasteiger partial charge in [-0.3, -0.25) is 9.88 Å². The number of aromatic nitrogens is 1. The van der Waals surface area contributed by atoms with E-state index in [0.29, 0.717) is 6.61 Å². The van der Waals surface area contributed by atoms with Crippen LogP contribution >= 0.6 is 0 Å². The summed E-state index contributed by atoms with van der Waals surface area (Å²) in [4.78, 5) is 7.12. The highest BCUT2D eigenvalue weighted by Gasteiger charge is 2.35. The van der Waals surface area contributed by atoms with Crippen molar-refractivity contribution in [3.63, 3.8) is 0 Å². The van der Waals surface area contributed by atoms with Crippen LogP contribution in [0.25, 0.3) is 10.9 Å². The van der Waals surface area contributed by atoms with Crippen LogP contribution in [0.5, 0.6) is 11.5 Å². The van der Waals surface area contributed by atoms with Crippen LogP contribution in [0, 0.1) is 0 Å². The van der Waals surface area contributed by atoms with Gasteiger partial charge >= 0.3 is 0 Å². The number of aliphatic hydroxyl groups is 1. The topological polar surface area (TPSA) is 66.9 Å². The van der Waals surface area contributed by atoms with Gasteiger partial charge in [-0.05, 0) is 44.2 Å². The third-order valence-electron chi connectivity index (χ3n) is 5.55. The number of hydrogen-bond donors (Lipinski definition) is 2. The zero-order valence-corrected chi connectivity index (χ0v) is 16.5. The van der Waals surface area contributed by atoms with Crippen molar-refractivity contribution in [3.8, 4) is 11.5 Å². The van der Waals surface area contributed by atoms with Gasteiger partial charge in [-0.2, -0.15) is 0 Å². The fourth-order valence-electron chi connectivity index (χ4n) is 4.37. The Morgan fingerprint density at radius 3 is 2.78 bits per heavy atom. The van der Waals surface area contributed by atoms with E-state index in [1.54, 1.807) is 7.11 Å². The predicted molar refractivity (Wildman–Crippen MR) is 107 cm³/mol. The number of pyridine rings is 1. The molecule has 1 aliphatic heterocycles. The van der Waals surface area contributed by atoms with Crippen molar-refractivity contribution >= 4 is 16.6 Å². The molecule has 0 spiro atoms. The van der Waals surface area contributed by atoms with Crippen molar-refractivity contribution in [1.29, 1.82) is 0 Å². The first-order valence-corrected chi connectivity index (χ1v) is 9.79. The van der Waals surface area contributed by atoms with Crippen LogP contribution in [0.15, 0.2) is 12.1 Å². The van der Waals surface area contributed by atoms with Gasteiger partial charge in [0.05, 0.1) is 24.8 Å². The Kier molecular flexibility index (Phi) is 4.86. The molecule has 1 aromatic heterocycles. The smallest absolute Gasteiger partial charge is 0.163 e. The molecule has 1 aliphatic carbocycles. The SMILES string of the molecule is CNc1c2c(nc3cc(OCCCN4CC(C)(O)C4)c(OC)cc13)CCC2. The monoisotopic (exact) mass is 371 g/mol. The Labute approximate surface area is 160 Å². The zero-order chi connectivity index (χ0) is 19.0. The van der Waals surface area contributed by atoms with Gasteiger partial charge in [0.2, 0.25) is 0 Å². The van der Waals surface area contributed by atoms with Gasteiger partial charge < -0.3 is 19.9 Å². The van der Waals surface area contributed by atoms with Crippen LogP contribution in [0.4, 0.5) is 5.69 Å². The largest absolute Gasteiger partial charge is 0.493 e. The Balaban J connectivity index is 1.50. The van der Waals surface area contributed by atoms with Crippen molar-refractivity contribution in [3.05, 3.63) is 23.4 Å². The van der Waals surface area contributed by atoms with E-state index in [0.717, 1.165) is 67.7 Å². The van der Waals surface area contributed by atoms with Crippen molar-refractivity contribution in [2.45, 2.75) is 38.2 Å². The van der Waals surface area contributed by atoms with Crippen molar-refractivity contribution in [2.24, 2.45) is 0 Å². The zero-order valence-electron chi connectivity index (χ0n) is 16.5. The van der Waals surface area contributed by atoms with Crippen LogP contribution in [0.3, 0.4) is 0 Å². The van der Waals surface area contributed by atoms with E-state index >= 15 is 0 Å². The van der Waals surface area contributed by atoms with Gasteiger partial charge in [0, 0.05) is 49.5 Å². The first-order valence-electron chi connectivity index (χ1n) is 9.79. The molecule has 4 rings (SSSR count). The molecule has 0 saturated carbocycles. The molecule has 1 saturated heterocycles. The summed E-state index contributed by atoms with van der Waals surface area (Å²) in [6.07, 6.45) is 4.20. The number of ether oxygens (including phenoxy) is 2. The lowest BCUT2D eigenvalue weighted by molar-refractivity contribution is -0.0840. The van der Waals surface area contributed by atoms with Gasteiger partial charge in [-0.15, -0.1) is 0 Å². The Morgan fingerprint density at radius 1 is 1.26 bits per heavy atom. The third-order valence-corrected chi connectivity index (χ3v) is 5.55. The average Bonchev–Trinajstić information content (AvgIpc) is 3.08. The number of rotatable bonds is 7. The number of fused-ring (bicyclic) bond motifs is 2. The molecule has 6 heteroatoms. The fourth-order valence-corrected chi connectivity index (χ4v) is 4.37. The van der Waals surface area contributed by atoms with E-state index in [9.17, 15) is 5.11 Å². The standard InChI is InChI=1S/C21H29N3O3/c1-21(25)12-24(13-21)8-5-9-27-19-11-17-15(10-18(19)26-3)20(22-2)14-6-4-7-16(14)23-17/h10-11,25H,4-9,12-13H2,1-3H3,(H,22,23). The first kappa shape index (κ1) is 18.3. The first-order chi connectivity index (χ1) is 13.0. The summed E-state index contributed by atoms with van der Waals surface area (Å²) in [5.74, 6) is 1.48. The summed E-state index contributed by atoms with van der Waals surface area (Å²) in [6.45, 7) is 4.91. The number of β-amino-alcohol motifs (C(OH)–C–C–N with tert-alkyl or cyclic N) is 1. The molecule has 2 aliphatic rings. The minimum Gasteiger partial charge on any atom is -0.493 e. The molecule has 27 heavy (non-hydrogen) atoms. The van der Waals surface area contributed by atoms with Crippen LogP contribution in [0.1, 0.15) is 31.0 Å². The molecule has 0 bridgehead atoms. The summed E-state index contributed by atoms with van der Waals surface area (Å²) < 4.78 is 11.6. The second kappa shape index (κ2) is 7.17. The van der Waals surface area contributed by atoms with Crippen LogP contribution in [-0.4, -0.2) is 61.0 Å². The van der Waals surface area contributed by atoms with Crippen LogP contribution in [-0.2, 0) is 12.8 Å². The Hall–Kier alpha value is -2.05. The average molecular weight is 371 g/mol. The Bertz CT molecular complexity index is 842. The highest BCUT2D eigenvalue weighted by molar-refractivity contribution is 5.95. The lowest BCUT2D eigenvalue weighted by Gasteiger charge is -2.44. The summed E-state index contributed by atoms with van der Waals surface area (Å²) >= 11 is 0. The molecule has 2 aromatic rings. The van der Waals surface area contributed by atoms with Crippen LogP contribution < -0.4 is 14.8 Å². The van der Waals surface area contributed by atoms with Gasteiger partial charge in [-0.1, -0.05) is 0 Å². The van der Waals surface area contributed by atoms with E-state index in [1.165, 1.54) is 16.9 Å². The molecular weight excluding hydrogens is 342 g/mol. The lowest BCUT2D eigenvalue weighted by Crippen LogP contribution is -2.59. The molecule has 2 heterocycles. The van der Waals surface area contributed by atoms with Gasteiger partial charge in [0.1, 0.15) is 0 Å². The third kappa shape index (κ3) is 3.56. The fraction of sp³-hybridized carbons (Fsp3) is 0.571. The van der Waals surface area contributed by atoms with Crippen molar-refractivity contribution in [2.75, 3.05) is 45.7 Å². The highest BCUT2D eigenvalue weighted by atomic mass is 16.5. The number of nitrogens with zero attached hydrogens (tertiary/aromatic N) is 2. The summed E-state index contributed by atoms with van der Waals surface area (Å²) in [6, 6.07) is 4.04. The minimum atomic E-state index is -0.515. The molecule has 0 atom stereocenters. The van der Waals surface area contributed by atoms with Gasteiger partial charge in [-0.25, -0.2) is 0 Å². The Morgan fingerprint density at radius 2 is 2.07 bits per heavy atom. The second-order valence-corrected chi connectivity index (χ2v) is 7.95. The van der Waals surface area contributed by atoms with E-state index in [1.807, 2.05) is 26.1 Å². The molecule has 2 N–H and O–H groups in total. The lowest BCUT2D eigenvalue weighted by atomic mass is 9.97. The minimum absolute atomic E-state index is 0.515. The van der Waals surface area contributed by atoms with E-state index in [2.05, 4.69) is 10.2 Å². The number of anilines is 1. The molecule has 1 fully saturated rings. The summed E-state index contributed by atoms with van der Waals surface area (Å²) in [7, 11) is 3.65. The summed E-state index contributed by atoms with van der Waals surface area (Å²) in [5, 5.41) is 14.2. The van der Waals surface area contributed by atoms with Crippen molar-refractivity contribution < 1.29 is 14.6 Å². The van der Waals surface area contributed by atoms with Crippen LogP contribution in [0.2, 0.25) is 0 Å². The maximum atomic E-state index is 9.79. The number of hydrogen-bond acceptors (Lipinski definition) is 6.